The Morgan fingerprint density at radius 3 is 2.73 bits per heavy atom. The van der Waals surface area contributed by atoms with E-state index in [-0.39, 0.29) is 5.92 Å². The average molecular weight is 204 g/mol. The molecule has 0 aromatic heterocycles. The molecule has 0 saturated heterocycles. The van der Waals surface area contributed by atoms with Gasteiger partial charge in [0.2, 0.25) is 0 Å². The lowest BCUT2D eigenvalue weighted by atomic mass is 9.82. The van der Waals surface area contributed by atoms with E-state index < -0.39 is 0 Å². The van der Waals surface area contributed by atoms with Crippen molar-refractivity contribution in [2.24, 2.45) is 11.8 Å². The topological polar surface area (TPSA) is 17.1 Å². The van der Waals surface area contributed by atoms with Crippen LogP contribution in [0.2, 0.25) is 0 Å². The summed E-state index contributed by atoms with van der Waals surface area (Å²) in [7, 11) is 0. The van der Waals surface area contributed by atoms with Gasteiger partial charge >= 0.3 is 0 Å². The van der Waals surface area contributed by atoms with Crippen molar-refractivity contribution in [2.45, 2.75) is 45.4 Å². The fraction of sp³-hybridized carbons (Fsp3) is 0.643. The van der Waals surface area contributed by atoms with Crippen LogP contribution in [0.25, 0.3) is 0 Å². The highest BCUT2D eigenvalue weighted by molar-refractivity contribution is 5.97. The van der Waals surface area contributed by atoms with Gasteiger partial charge in [-0.3, -0.25) is 4.79 Å². The van der Waals surface area contributed by atoms with E-state index in [0.29, 0.717) is 5.78 Å². The summed E-state index contributed by atoms with van der Waals surface area (Å²) < 4.78 is 0. The first-order chi connectivity index (χ1) is 7.27. The molecule has 0 aromatic carbocycles. The maximum atomic E-state index is 12.2. The van der Waals surface area contributed by atoms with Crippen molar-refractivity contribution in [3.05, 3.63) is 23.8 Å². The van der Waals surface area contributed by atoms with Gasteiger partial charge < -0.3 is 0 Å². The van der Waals surface area contributed by atoms with Crippen LogP contribution in [0.15, 0.2) is 23.8 Å². The van der Waals surface area contributed by atoms with E-state index in [1.807, 2.05) is 0 Å². The van der Waals surface area contributed by atoms with Crippen molar-refractivity contribution < 1.29 is 4.79 Å². The van der Waals surface area contributed by atoms with E-state index in [9.17, 15) is 4.79 Å². The Morgan fingerprint density at radius 2 is 2.13 bits per heavy atom. The monoisotopic (exact) mass is 204 g/mol. The molecular formula is C14H20O. The lowest BCUT2D eigenvalue weighted by Gasteiger charge is -2.22. The summed E-state index contributed by atoms with van der Waals surface area (Å²) in [5, 5.41) is 0. The van der Waals surface area contributed by atoms with Gasteiger partial charge in [-0.15, -0.1) is 0 Å². The number of Topliss-reactive ketones (excluding diaryl/α,β-unsaturated/α-hetero) is 1. The largest absolute Gasteiger partial charge is 0.294 e. The fourth-order valence-electron chi connectivity index (χ4n) is 2.48. The normalized spacial score (nSPS) is 31.1. The lowest BCUT2D eigenvalue weighted by molar-refractivity contribution is -0.119. The fourth-order valence-corrected chi connectivity index (χ4v) is 2.48. The van der Waals surface area contributed by atoms with Crippen LogP contribution in [0.3, 0.4) is 0 Å². The highest BCUT2D eigenvalue weighted by atomic mass is 16.1. The number of carbonyl (C=O) groups is 1. The van der Waals surface area contributed by atoms with Crippen LogP contribution >= 0.6 is 0 Å². The van der Waals surface area contributed by atoms with Gasteiger partial charge in [-0.1, -0.05) is 25.2 Å². The summed E-state index contributed by atoms with van der Waals surface area (Å²) in [6.07, 6.45) is 13.0. The summed E-state index contributed by atoms with van der Waals surface area (Å²) in [5.41, 5.74) is 1.12. The van der Waals surface area contributed by atoms with Crippen molar-refractivity contribution in [3.8, 4) is 0 Å². The molecule has 2 atom stereocenters. The third-order valence-electron chi connectivity index (χ3n) is 3.63. The van der Waals surface area contributed by atoms with Crippen LogP contribution in [0.5, 0.6) is 0 Å². The second-order valence-corrected chi connectivity index (χ2v) is 4.95. The van der Waals surface area contributed by atoms with Gasteiger partial charge in [0.05, 0.1) is 0 Å². The minimum atomic E-state index is 0.287. The van der Waals surface area contributed by atoms with Gasteiger partial charge in [-0.25, -0.2) is 0 Å². The van der Waals surface area contributed by atoms with Gasteiger partial charge in [0.25, 0.3) is 0 Å². The molecule has 0 N–H and O–H groups in total. The maximum Gasteiger partial charge on any atom is 0.161 e. The van der Waals surface area contributed by atoms with Crippen molar-refractivity contribution in [2.75, 3.05) is 0 Å². The maximum absolute atomic E-state index is 12.2. The Labute approximate surface area is 92.3 Å². The van der Waals surface area contributed by atoms with Crippen LogP contribution in [0.1, 0.15) is 45.4 Å². The van der Waals surface area contributed by atoms with Gasteiger partial charge in [0, 0.05) is 5.92 Å². The van der Waals surface area contributed by atoms with E-state index in [1.54, 1.807) is 0 Å². The van der Waals surface area contributed by atoms with E-state index in [1.165, 1.54) is 6.42 Å². The first-order valence-corrected chi connectivity index (χ1v) is 6.15. The van der Waals surface area contributed by atoms with Crippen LogP contribution in [-0.2, 0) is 4.79 Å². The number of allylic oxidation sites excluding steroid dienone is 4. The number of hydrogen-bond acceptors (Lipinski definition) is 1. The minimum absolute atomic E-state index is 0.287. The molecule has 2 rings (SSSR count). The van der Waals surface area contributed by atoms with Crippen LogP contribution in [0, 0.1) is 11.8 Å². The van der Waals surface area contributed by atoms with Crippen LogP contribution < -0.4 is 0 Å². The van der Waals surface area contributed by atoms with Gasteiger partial charge in [-0.05, 0) is 50.0 Å². The smallest absolute Gasteiger partial charge is 0.161 e. The Hall–Kier alpha value is -0.850. The molecule has 0 saturated carbocycles. The van der Waals surface area contributed by atoms with E-state index in [2.05, 4.69) is 25.2 Å². The molecule has 0 radical (unpaired) electrons. The Kier molecular flexibility index (Phi) is 3.40. The molecule has 0 amide bonds. The second-order valence-electron chi connectivity index (χ2n) is 4.95. The second kappa shape index (κ2) is 4.78. The number of carbonyl (C=O) groups excluding carboxylic acids is 1. The zero-order valence-electron chi connectivity index (χ0n) is 9.54. The predicted molar refractivity (Wildman–Crippen MR) is 62.6 cm³/mol. The molecule has 15 heavy (non-hydrogen) atoms. The zero-order valence-corrected chi connectivity index (χ0v) is 9.54. The first kappa shape index (κ1) is 10.7. The third-order valence-corrected chi connectivity index (χ3v) is 3.63. The number of rotatable bonds is 2. The van der Waals surface area contributed by atoms with Crippen molar-refractivity contribution >= 4 is 5.78 Å². The minimum Gasteiger partial charge on any atom is -0.294 e. The Bertz CT molecular complexity index is 298. The third kappa shape index (κ3) is 2.58. The molecule has 0 bridgehead atoms. The average Bonchev–Trinajstić information content (AvgIpc) is 2.30. The summed E-state index contributed by atoms with van der Waals surface area (Å²) in [6, 6.07) is 0. The highest BCUT2D eigenvalue weighted by Crippen LogP contribution is 2.29. The SMILES string of the molecule is CC1CC=C(C(=O)C2CC=CCC2)CC1. The molecule has 0 aromatic rings. The standard InChI is InChI=1S/C14H20O/c1-11-7-9-13(10-8-11)14(15)12-5-3-2-4-6-12/h2-3,9,11-12H,4-8,10H2,1H3. The molecule has 2 aliphatic carbocycles. The quantitative estimate of drug-likeness (QED) is 0.627. The van der Waals surface area contributed by atoms with Gasteiger partial charge in [0.1, 0.15) is 0 Å². The molecule has 0 fully saturated rings. The Morgan fingerprint density at radius 1 is 1.27 bits per heavy atom. The predicted octanol–water partition coefficient (Wildman–Crippen LogP) is 3.66. The molecule has 2 aliphatic rings. The molecule has 0 heterocycles. The van der Waals surface area contributed by atoms with E-state index >= 15 is 0 Å². The molecule has 0 spiro atoms. The van der Waals surface area contributed by atoms with E-state index in [0.717, 1.165) is 43.6 Å². The van der Waals surface area contributed by atoms with Crippen LogP contribution in [0.4, 0.5) is 0 Å². The summed E-state index contributed by atoms with van der Waals surface area (Å²) in [5.74, 6) is 1.49. The van der Waals surface area contributed by atoms with Crippen molar-refractivity contribution in [3.63, 3.8) is 0 Å². The summed E-state index contributed by atoms with van der Waals surface area (Å²) in [4.78, 5) is 12.2. The van der Waals surface area contributed by atoms with Crippen LogP contribution in [-0.4, -0.2) is 5.78 Å². The molecule has 82 valence electrons. The van der Waals surface area contributed by atoms with Gasteiger partial charge in [-0.2, -0.15) is 0 Å². The number of hydrogen-bond donors (Lipinski definition) is 0. The molecule has 2 unspecified atom stereocenters. The van der Waals surface area contributed by atoms with Crippen molar-refractivity contribution in [1.29, 1.82) is 0 Å². The van der Waals surface area contributed by atoms with Gasteiger partial charge in [0.15, 0.2) is 5.78 Å². The van der Waals surface area contributed by atoms with Crippen molar-refractivity contribution in [1.82, 2.24) is 0 Å². The molecular weight excluding hydrogens is 184 g/mol. The summed E-state index contributed by atoms with van der Waals surface area (Å²) >= 11 is 0. The zero-order chi connectivity index (χ0) is 10.7. The molecule has 0 aliphatic heterocycles. The lowest BCUT2D eigenvalue weighted by Crippen LogP contribution is -2.20. The highest BCUT2D eigenvalue weighted by Gasteiger charge is 2.23. The summed E-state index contributed by atoms with van der Waals surface area (Å²) in [6.45, 7) is 2.26. The first-order valence-electron chi connectivity index (χ1n) is 6.15. The van der Waals surface area contributed by atoms with E-state index in [4.69, 9.17) is 0 Å². The number of ketones is 1. The molecule has 1 heteroatoms. The Balaban J connectivity index is 1.98. The molecule has 1 nitrogen and oxygen atoms in total.